The SMILES string of the molecule is CCc1cc(OC)c(OCc2ccccc2)cc1[N+](=O)[O-]. The molecule has 0 saturated carbocycles. The van der Waals surface area contributed by atoms with Crippen LogP contribution in [-0.4, -0.2) is 12.0 Å². The summed E-state index contributed by atoms with van der Waals surface area (Å²) >= 11 is 0. The van der Waals surface area contributed by atoms with Crippen molar-refractivity contribution in [1.29, 1.82) is 0 Å². The Bertz CT molecular complexity index is 626. The number of aryl methyl sites for hydroxylation is 1. The molecule has 21 heavy (non-hydrogen) atoms. The highest BCUT2D eigenvalue weighted by Crippen LogP contribution is 2.35. The third-order valence-corrected chi connectivity index (χ3v) is 3.18. The number of rotatable bonds is 6. The summed E-state index contributed by atoms with van der Waals surface area (Å²) in [7, 11) is 1.52. The van der Waals surface area contributed by atoms with E-state index in [0.29, 0.717) is 30.1 Å². The molecule has 0 saturated heterocycles. The molecule has 2 aromatic rings. The van der Waals surface area contributed by atoms with E-state index < -0.39 is 4.92 Å². The minimum absolute atomic E-state index is 0.0568. The molecule has 2 aromatic carbocycles. The molecule has 0 spiro atoms. The van der Waals surface area contributed by atoms with E-state index in [1.165, 1.54) is 13.2 Å². The normalized spacial score (nSPS) is 10.2. The molecule has 0 aliphatic carbocycles. The molecule has 0 aliphatic rings. The van der Waals surface area contributed by atoms with Crippen molar-refractivity contribution < 1.29 is 14.4 Å². The second kappa shape index (κ2) is 6.74. The Balaban J connectivity index is 2.29. The van der Waals surface area contributed by atoms with Crippen LogP contribution in [0, 0.1) is 10.1 Å². The maximum absolute atomic E-state index is 11.1. The van der Waals surface area contributed by atoms with Crippen molar-refractivity contribution >= 4 is 5.69 Å². The van der Waals surface area contributed by atoms with Crippen LogP contribution in [0.4, 0.5) is 5.69 Å². The summed E-state index contributed by atoms with van der Waals surface area (Å²) < 4.78 is 10.9. The van der Waals surface area contributed by atoms with E-state index in [4.69, 9.17) is 9.47 Å². The Morgan fingerprint density at radius 3 is 2.43 bits per heavy atom. The highest BCUT2D eigenvalue weighted by Gasteiger charge is 2.18. The summed E-state index contributed by atoms with van der Waals surface area (Å²) in [6.07, 6.45) is 0.561. The van der Waals surface area contributed by atoms with Crippen molar-refractivity contribution in [2.75, 3.05) is 7.11 Å². The van der Waals surface area contributed by atoms with E-state index >= 15 is 0 Å². The zero-order valence-electron chi connectivity index (χ0n) is 12.0. The largest absolute Gasteiger partial charge is 0.493 e. The molecule has 5 heteroatoms. The van der Waals surface area contributed by atoms with Crippen molar-refractivity contribution in [3.05, 3.63) is 63.7 Å². The second-order valence-electron chi connectivity index (χ2n) is 4.52. The van der Waals surface area contributed by atoms with Crippen LogP contribution < -0.4 is 9.47 Å². The number of nitrogens with zero attached hydrogens (tertiary/aromatic N) is 1. The van der Waals surface area contributed by atoms with E-state index in [1.807, 2.05) is 37.3 Å². The third kappa shape index (κ3) is 3.51. The van der Waals surface area contributed by atoms with Crippen molar-refractivity contribution in [2.24, 2.45) is 0 Å². The summed E-state index contributed by atoms with van der Waals surface area (Å²) in [6.45, 7) is 2.20. The fraction of sp³-hybridized carbons (Fsp3) is 0.250. The minimum Gasteiger partial charge on any atom is -0.493 e. The summed E-state index contributed by atoms with van der Waals surface area (Å²) in [5.41, 5.74) is 1.67. The van der Waals surface area contributed by atoms with Gasteiger partial charge in [-0.1, -0.05) is 37.3 Å². The number of nitro groups is 1. The first-order valence-corrected chi connectivity index (χ1v) is 6.67. The van der Waals surface area contributed by atoms with Gasteiger partial charge in [-0.25, -0.2) is 0 Å². The lowest BCUT2D eigenvalue weighted by Gasteiger charge is -2.12. The van der Waals surface area contributed by atoms with E-state index in [2.05, 4.69) is 0 Å². The number of nitro benzene ring substituents is 1. The van der Waals surface area contributed by atoms with Gasteiger partial charge in [0.25, 0.3) is 5.69 Å². The summed E-state index contributed by atoms with van der Waals surface area (Å²) in [5, 5.41) is 11.1. The zero-order valence-corrected chi connectivity index (χ0v) is 12.0. The Morgan fingerprint density at radius 1 is 1.14 bits per heavy atom. The van der Waals surface area contributed by atoms with Crippen LogP contribution in [0.15, 0.2) is 42.5 Å². The van der Waals surface area contributed by atoms with Gasteiger partial charge in [-0.3, -0.25) is 10.1 Å². The van der Waals surface area contributed by atoms with Gasteiger partial charge in [0.1, 0.15) is 6.61 Å². The Morgan fingerprint density at radius 2 is 1.86 bits per heavy atom. The van der Waals surface area contributed by atoms with Gasteiger partial charge < -0.3 is 9.47 Å². The van der Waals surface area contributed by atoms with Gasteiger partial charge in [0, 0.05) is 5.56 Å². The quantitative estimate of drug-likeness (QED) is 0.599. The smallest absolute Gasteiger partial charge is 0.276 e. The number of hydrogen-bond acceptors (Lipinski definition) is 4. The number of hydrogen-bond donors (Lipinski definition) is 0. The first kappa shape index (κ1) is 14.8. The van der Waals surface area contributed by atoms with Crippen molar-refractivity contribution in [3.63, 3.8) is 0 Å². The second-order valence-corrected chi connectivity index (χ2v) is 4.52. The predicted molar refractivity (Wildman–Crippen MR) is 79.8 cm³/mol. The lowest BCUT2D eigenvalue weighted by atomic mass is 10.1. The monoisotopic (exact) mass is 287 g/mol. The van der Waals surface area contributed by atoms with Gasteiger partial charge in [-0.2, -0.15) is 0 Å². The van der Waals surface area contributed by atoms with E-state index in [0.717, 1.165) is 5.56 Å². The van der Waals surface area contributed by atoms with Crippen LogP contribution in [0.25, 0.3) is 0 Å². The van der Waals surface area contributed by atoms with Crippen molar-refractivity contribution in [1.82, 2.24) is 0 Å². The van der Waals surface area contributed by atoms with E-state index in [1.54, 1.807) is 6.07 Å². The highest BCUT2D eigenvalue weighted by atomic mass is 16.6. The predicted octanol–water partition coefficient (Wildman–Crippen LogP) is 3.74. The lowest BCUT2D eigenvalue weighted by Crippen LogP contribution is -2.01. The van der Waals surface area contributed by atoms with E-state index in [-0.39, 0.29) is 5.69 Å². The van der Waals surface area contributed by atoms with Crippen LogP contribution >= 0.6 is 0 Å². The minimum atomic E-state index is -0.395. The molecule has 0 heterocycles. The average molecular weight is 287 g/mol. The third-order valence-electron chi connectivity index (χ3n) is 3.18. The van der Waals surface area contributed by atoms with Crippen molar-refractivity contribution in [2.45, 2.75) is 20.0 Å². The molecule has 0 bridgehead atoms. The molecule has 0 amide bonds. The Kier molecular flexibility index (Phi) is 4.77. The molecule has 0 unspecified atom stereocenters. The van der Waals surface area contributed by atoms with Crippen molar-refractivity contribution in [3.8, 4) is 11.5 Å². The van der Waals surface area contributed by atoms with Crippen LogP contribution in [0.5, 0.6) is 11.5 Å². The number of benzene rings is 2. The standard InChI is InChI=1S/C16H17NO4/c1-3-13-9-15(20-2)16(10-14(13)17(18)19)21-11-12-7-5-4-6-8-12/h4-10H,3,11H2,1-2H3. The number of methoxy groups -OCH3 is 1. The molecule has 0 radical (unpaired) electrons. The molecule has 110 valence electrons. The first-order chi connectivity index (χ1) is 10.2. The van der Waals surface area contributed by atoms with Gasteiger partial charge >= 0.3 is 0 Å². The topological polar surface area (TPSA) is 61.6 Å². The first-order valence-electron chi connectivity index (χ1n) is 6.67. The molecule has 0 N–H and O–H groups in total. The summed E-state index contributed by atoms with van der Waals surface area (Å²) in [4.78, 5) is 10.7. The van der Waals surface area contributed by atoms with Crippen LogP contribution in [0.2, 0.25) is 0 Å². The lowest BCUT2D eigenvalue weighted by molar-refractivity contribution is -0.385. The molecule has 0 fully saturated rings. The van der Waals surface area contributed by atoms with Crippen LogP contribution in [0.3, 0.4) is 0 Å². The molecule has 2 rings (SSSR count). The zero-order chi connectivity index (χ0) is 15.2. The van der Waals surface area contributed by atoms with Gasteiger partial charge in [0.2, 0.25) is 0 Å². The molecule has 0 aromatic heterocycles. The molecule has 0 atom stereocenters. The van der Waals surface area contributed by atoms with Gasteiger partial charge in [0.05, 0.1) is 18.1 Å². The Hall–Kier alpha value is -2.56. The molecular weight excluding hydrogens is 270 g/mol. The molecule has 5 nitrogen and oxygen atoms in total. The summed E-state index contributed by atoms with van der Waals surface area (Å²) in [6, 6.07) is 12.7. The fourth-order valence-electron chi connectivity index (χ4n) is 2.05. The van der Waals surface area contributed by atoms with Crippen LogP contribution in [0.1, 0.15) is 18.1 Å². The Labute approximate surface area is 123 Å². The maximum Gasteiger partial charge on any atom is 0.276 e. The number of ether oxygens (including phenoxy) is 2. The molecule has 0 aliphatic heterocycles. The highest BCUT2D eigenvalue weighted by molar-refractivity contribution is 5.54. The van der Waals surface area contributed by atoms with Gasteiger partial charge in [-0.15, -0.1) is 0 Å². The average Bonchev–Trinajstić information content (AvgIpc) is 2.52. The van der Waals surface area contributed by atoms with Gasteiger partial charge in [-0.05, 0) is 18.1 Å². The van der Waals surface area contributed by atoms with E-state index in [9.17, 15) is 10.1 Å². The maximum atomic E-state index is 11.1. The molecular formula is C16H17NO4. The fourth-order valence-corrected chi connectivity index (χ4v) is 2.05. The van der Waals surface area contributed by atoms with Gasteiger partial charge in [0.15, 0.2) is 11.5 Å². The summed E-state index contributed by atoms with van der Waals surface area (Å²) in [5.74, 6) is 0.888. The van der Waals surface area contributed by atoms with Crippen LogP contribution in [-0.2, 0) is 13.0 Å².